The van der Waals surface area contributed by atoms with Gasteiger partial charge in [0, 0.05) is 0 Å². The molecule has 0 amide bonds. The molecule has 126 valence electrons. The maximum Gasteiger partial charge on any atom is 0.326 e. The maximum absolute atomic E-state index is 12.0. The molecule has 0 fully saturated rings. The molecule has 4 nitrogen and oxygen atoms in total. The van der Waals surface area contributed by atoms with E-state index in [0.717, 1.165) is 19.4 Å². The van der Waals surface area contributed by atoms with Crippen molar-refractivity contribution in [2.45, 2.75) is 71.8 Å². The number of rotatable bonds is 13. The highest BCUT2D eigenvalue weighted by Crippen LogP contribution is 2.15. The summed E-state index contributed by atoms with van der Waals surface area (Å²) in [5.41, 5.74) is -0.558. The first-order valence-corrected chi connectivity index (χ1v) is 8.62. The summed E-state index contributed by atoms with van der Waals surface area (Å²) in [4.78, 5) is 14.6. The number of hydrogen-bond donors (Lipinski definition) is 1. The van der Waals surface area contributed by atoms with Crippen molar-refractivity contribution in [3.63, 3.8) is 0 Å². The van der Waals surface area contributed by atoms with Gasteiger partial charge in [-0.05, 0) is 66.2 Å². The van der Waals surface area contributed by atoms with E-state index in [4.69, 9.17) is 4.74 Å². The molecule has 0 saturated carbocycles. The van der Waals surface area contributed by atoms with E-state index in [2.05, 4.69) is 24.1 Å². The first-order chi connectivity index (χ1) is 10.0. The Hall–Kier alpha value is -0.610. The van der Waals surface area contributed by atoms with Gasteiger partial charge in [0.2, 0.25) is 0 Å². The average Bonchev–Trinajstić information content (AvgIpc) is 2.49. The van der Waals surface area contributed by atoms with E-state index >= 15 is 0 Å². The van der Waals surface area contributed by atoms with Gasteiger partial charge in [-0.15, -0.1) is 0 Å². The van der Waals surface area contributed by atoms with Crippen LogP contribution >= 0.6 is 0 Å². The van der Waals surface area contributed by atoms with Crippen LogP contribution in [0.2, 0.25) is 0 Å². The number of ether oxygens (including phenoxy) is 1. The number of hydrogen-bond acceptors (Lipinski definition) is 4. The number of esters is 1. The second-order valence-electron chi connectivity index (χ2n) is 5.95. The Morgan fingerprint density at radius 3 is 2.00 bits per heavy atom. The molecule has 1 unspecified atom stereocenters. The van der Waals surface area contributed by atoms with Gasteiger partial charge in [0.1, 0.15) is 5.54 Å². The molecule has 0 aromatic rings. The van der Waals surface area contributed by atoms with Gasteiger partial charge in [0.05, 0.1) is 6.61 Å². The van der Waals surface area contributed by atoms with Crippen LogP contribution in [-0.4, -0.2) is 49.7 Å². The van der Waals surface area contributed by atoms with Crippen LogP contribution in [0.25, 0.3) is 0 Å². The second-order valence-corrected chi connectivity index (χ2v) is 5.95. The van der Waals surface area contributed by atoms with Gasteiger partial charge in [-0.25, -0.2) is 0 Å². The lowest BCUT2D eigenvalue weighted by Crippen LogP contribution is -2.49. The molecule has 0 aliphatic heterocycles. The topological polar surface area (TPSA) is 41.6 Å². The first-order valence-electron chi connectivity index (χ1n) is 8.62. The standard InChI is InChI=1S/C17H36N2O2/c1-6-9-13-19(14-10-7-2)15-11-12-17(4,18-5)16(20)21-8-3/h18H,6-15H2,1-5H3. The summed E-state index contributed by atoms with van der Waals surface area (Å²) in [5, 5.41) is 3.13. The molecule has 0 saturated heterocycles. The predicted octanol–water partition coefficient (Wildman–Crippen LogP) is 3.21. The predicted molar refractivity (Wildman–Crippen MR) is 89.6 cm³/mol. The average molecular weight is 300 g/mol. The highest BCUT2D eigenvalue weighted by molar-refractivity contribution is 5.80. The van der Waals surface area contributed by atoms with Crippen LogP contribution < -0.4 is 5.32 Å². The molecule has 1 atom stereocenters. The summed E-state index contributed by atoms with van der Waals surface area (Å²) in [6.45, 7) is 12.1. The van der Waals surface area contributed by atoms with Gasteiger partial charge in [0.15, 0.2) is 0 Å². The fourth-order valence-electron chi connectivity index (χ4n) is 2.37. The molecule has 0 aliphatic rings. The van der Waals surface area contributed by atoms with E-state index in [1.165, 1.54) is 38.8 Å². The van der Waals surface area contributed by atoms with Crippen molar-refractivity contribution >= 4 is 5.97 Å². The van der Waals surface area contributed by atoms with E-state index in [9.17, 15) is 4.79 Å². The summed E-state index contributed by atoms with van der Waals surface area (Å²) in [7, 11) is 1.84. The second kappa shape index (κ2) is 12.0. The summed E-state index contributed by atoms with van der Waals surface area (Å²) in [6.07, 6.45) is 6.82. The van der Waals surface area contributed by atoms with Crippen LogP contribution in [0.3, 0.4) is 0 Å². The van der Waals surface area contributed by atoms with Crippen molar-refractivity contribution < 1.29 is 9.53 Å². The number of nitrogens with zero attached hydrogens (tertiary/aromatic N) is 1. The molecule has 0 aliphatic carbocycles. The molecule has 0 rings (SSSR count). The summed E-state index contributed by atoms with van der Waals surface area (Å²) in [5.74, 6) is -0.138. The minimum Gasteiger partial charge on any atom is -0.465 e. The van der Waals surface area contributed by atoms with E-state index in [-0.39, 0.29) is 5.97 Å². The molecule has 0 aromatic carbocycles. The zero-order valence-corrected chi connectivity index (χ0v) is 14.8. The minimum absolute atomic E-state index is 0.138. The highest BCUT2D eigenvalue weighted by atomic mass is 16.5. The lowest BCUT2D eigenvalue weighted by Gasteiger charge is -2.28. The Labute approximate surface area is 131 Å². The van der Waals surface area contributed by atoms with Crippen LogP contribution in [0.1, 0.15) is 66.2 Å². The monoisotopic (exact) mass is 300 g/mol. The molecule has 0 bridgehead atoms. The third kappa shape index (κ3) is 8.42. The Balaban J connectivity index is 4.27. The molecule has 21 heavy (non-hydrogen) atoms. The fourth-order valence-corrected chi connectivity index (χ4v) is 2.37. The van der Waals surface area contributed by atoms with E-state index < -0.39 is 5.54 Å². The van der Waals surface area contributed by atoms with Gasteiger partial charge in [-0.2, -0.15) is 0 Å². The Morgan fingerprint density at radius 1 is 1.05 bits per heavy atom. The summed E-state index contributed by atoms with van der Waals surface area (Å²) >= 11 is 0. The van der Waals surface area contributed by atoms with Gasteiger partial charge in [-0.1, -0.05) is 26.7 Å². The largest absolute Gasteiger partial charge is 0.465 e. The molecule has 0 aromatic heterocycles. The van der Waals surface area contributed by atoms with Crippen molar-refractivity contribution in [2.24, 2.45) is 0 Å². The fraction of sp³-hybridized carbons (Fsp3) is 0.941. The van der Waals surface area contributed by atoms with E-state index in [0.29, 0.717) is 6.61 Å². The zero-order valence-electron chi connectivity index (χ0n) is 14.8. The van der Waals surface area contributed by atoms with Gasteiger partial charge in [-0.3, -0.25) is 4.79 Å². The summed E-state index contributed by atoms with van der Waals surface area (Å²) in [6, 6.07) is 0. The third-order valence-electron chi connectivity index (χ3n) is 4.08. The summed E-state index contributed by atoms with van der Waals surface area (Å²) < 4.78 is 5.17. The molecular formula is C17H36N2O2. The number of unbranched alkanes of at least 4 members (excludes halogenated alkanes) is 2. The molecule has 0 heterocycles. The maximum atomic E-state index is 12.0. The number of nitrogens with one attached hydrogen (secondary N) is 1. The molecule has 1 N–H and O–H groups in total. The molecule has 0 radical (unpaired) electrons. The minimum atomic E-state index is -0.558. The number of likely N-dealkylation sites (N-methyl/N-ethyl adjacent to an activating group) is 1. The smallest absolute Gasteiger partial charge is 0.326 e. The lowest BCUT2D eigenvalue weighted by atomic mass is 9.96. The van der Waals surface area contributed by atoms with Crippen LogP contribution in [0.15, 0.2) is 0 Å². The zero-order chi connectivity index (χ0) is 16.1. The highest BCUT2D eigenvalue weighted by Gasteiger charge is 2.32. The van der Waals surface area contributed by atoms with Crippen molar-refractivity contribution in [2.75, 3.05) is 33.3 Å². The van der Waals surface area contributed by atoms with Gasteiger partial charge in [0.25, 0.3) is 0 Å². The van der Waals surface area contributed by atoms with Gasteiger partial charge < -0.3 is 15.0 Å². The van der Waals surface area contributed by atoms with Crippen molar-refractivity contribution in [1.29, 1.82) is 0 Å². The number of carbonyl (C=O) groups is 1. The van der Waals surface area contributed by atoms with Crippen molar-refractivity contribution in [3.05, 3.63) is 0 Å². The van der Waals surface area contributed by atoms with Crippen LogP contribution in [-0.2, 0) is 9.53 Å². The quantitative estimate of drug-likeness (QED) is 0.530. The van der Waals surface area contributed by atoms with Crippen molar-refractivity contribution in [3.8, 4) is 0 Å². The normalized spacial score (nSPS) is 14.2. The van der Waals surface area contributed by atoms with E-state index in [1.807, 2.05) is 20.9 Å². The lowest BCUT2D eigenvalue weighted by molar-refractivity contribution is -0.150. The number of carbonyl (C=O) groups excluding carboxylic acids is 1. The Morgan fingerprint density at radius 2 is 1.57 bits per heavy atom. The Kier molecular flexibility index (Phi) is 11.6. The van der Waals surface area contributed by atoms with Crippen molar-refractivity contribution in [1.82, 2.24) is 10.2 Å². The van der Waals surface area contributed by atoms with Gasteiger partial charge >= 0.3 is 5.97 Å². The van der Waals surface area contributed by atoms with Crippen LogP contribution in [0.5, 0.6) is 0 Å². The molecule has 0 spiro atoms. The Bertz CT molecular complexity index is 264. The van der Waals surface area contributed by atoms with Crippen LogP contribution in [0.4, 0.5) is 0 Å². The van der Waals surface area contributed by atoms with Crippen LogP contribution in [0, 0.1) is 0 Å². The first kappa shape index (κ1) is 20.4. The molecular weight excluding hydrogens is 264 g/mol. The SMILES string of the molecule is CCCCN(CCCC)CCCC(C)(NC)C(=O)OCC. The van der Waals surface area contributed by atoms with E-state index in [1.54, 1.807) is 0 Å². The third-order valence-corrected chi connectivity index (χ3v) is 4.08. The molecule has 4 heteroatoms.